The van der Waals surface area contributed by atoms with Crippen LogP contribution in [0.3, 0.4) is 0 Å². The molecule has 1 radical (unpaired) electrons. The fourth-order valence-electron chi connectivity index (χ4n) is 2.41. The van der Waals surface area contributed by atoms with E-state index in [0.717, 1.165) is 0 Å². The number of benzene rings is 1. The summed E-state index contributed by atoms with van der Waals surface area (Å²) in [6.07, 6.45) is 4.21. The smallest absolute Gasteiger partial charge is 0.181 e. The highest BCUT2D eigenvalue weighted by Gasteiger charge is 2.39. The summed E-state index contributed by atoms with van der Waals surface area (Å²) in [6, 6.07) is 7.17. The Morgan fingerprint density at radius 2 is 1.89 bits per heavy atom. The lowest BCUT2D eigenvalue weighted by molar-refractivity contribution is -0.117. The molecule has 1 aromatic carbocycles. The molecular weight excluding hydrogens is 226 g/mol. The first-order valence-corrected chi connectivity index (χ1v) is 6.02. The molecule has 89 valence electrons. The number of Topliss-reactive ketones (excluding diaryl/α,β-unsaturated/α-hetero) is 2. The second-order valence-electron chi connectivity index (χ2n) is 4.43. The summed E-state index contributed by atoms with van der Waals surface area (Å²) in [6.45, 7) is 1.92. The number of rotatable bonds is 1. The van der Waals surface area contributed by atoms with Crippen LogP contribution >= 0.6 is 0 Å². The summed E-state index contributed by atoms with van der Waals surface area (Å²) in [7, 11) is 0. The number of hydrogen-bond acceptors (Lipinski definition) is 2. The summed E-state index contributed by atoms with van der Waals surface area (Å²) in [4.78, 5) is 24.6. The molecule has 0 spiro atoms. The molecular formula is C15H12NO2. The molecule has 1 heterocycles. The van der Waals surface area contributed by atoms with Crippen LogP contribution in [0.5, 0.6) is 0 Å². The predicted molar refractivity (Wildman–Crippen MR) is 67.5 cm³/mol. The molecule has 0 amide bonds. The van der Waals surface area contributed by atoms with Crippen molar-refractivity contribution in [2.75, 3.05) is 0 Å². The van der Waals surface area contributed by atoms with Crippen molar-refractivity contribution in [2.24, 2.45) is 5.92 Å². The molecule has 1 aliphatic heterocycles. The van der Waals surface area contributed by atoms with E-state index >= 15 is 0 Å². The number of hydrogen-bond donors (Lipinski definition) is 0. The third kappa shape index (κ3) is 1.44. The van der Waals surface area contributed by atoms with Crippen LogP contribution in [0.4, 0.5) is 5.69 Å². The van der Waals surface area contributed by atoms with E-state index < -0.39 is 5.92 Å². The summed E-state index contributed by atoms with van der Waals surface area (Å²) in [5.74, 6) is -0.950. The summed E-state index contributed by atoms with van der Waals surface area (Å²) < 4.78 is 0. The highest BCUT2D eigenvalue weighted by atomic mass is 16.2. The minimum absolute atomic E-state index is 0.0988. The van der Waals surface area contributed by atoms with E-state index in [4.69, 9.17) is 0 Å². The maximum Gasteiger partial charge on any atom is 0.181 e. The van der Waals surface area contributed by atoms with Gasteiger partial charge in [-0.15, -0.1) is 0 Å². The first-order chi connectivity index (χ1) is 8.72. The van der Waals surface area contributed by atoms with Crippen LogP contribution in [0, 0.1) is 5.92 Å². The molecule has 0 bridgehead atoms. The van der Waals surface area contributed by atoms with Gasteiger partial charge in [0.05, 0.1) is 11.4 Å². The van der Waals surface area contributed by atoms with Crippen molar-refractivity contribution < 1.29 is 9.59 Å². The second kappa shape index (κ2) is 3.95. The number of fused-ring (bicyclic) bond motifs is 2. The number of nitrogens with zero attached hydrogens (tertiary/aromatic N) is 1. The molecule has 1 atom stereocenters. The van der Waals surface area contributed by atoms with Crippen LogP contribution in [0.2, 0.25) is 0 Å². The van der Waals surface area contributed by atoms with E-state index in [1.807, 2.05) is 13.0 Å². The zero-order valence-electron chi connectivity index (χ0n) is 10.0. The average molecular weight is 238 g/mol. The number of para-hydroxylation sites is 1. The Kier molecular flexibility index (Phi) is 2.40. The van der Waals surface area contributed by atoms with Gasteiger partial charge in [-0.3, -0.25) is 14.9 Å². The Labute approximate surface area is 105 Å². The highest BCUT2D eigenvalue weighted by molar-refractivity contribution is 6.21. The van der Waals surface area contributed by atoms with Crippen LogP contribution in [0.1, 0.15) is 23.7 Å². The second-order valence-corrected chi connectivity index (χ2v) is 4.43. The van der Waals surface area contributed by atoms with E-state index in [-0.39, 0.29) is 11.6 Å². The molecule has 1 unspecified atom stereocenters. The fourth-order valence-corrected chi connectivity index (χ4v) is 2.41. The third-order valence-corrected chi connectivity index (χ3v) is 3.39. The molecule has 0 fully saturated rings. The van der Waals surface area contributed by atoms with Crippen LogP contribution in [-0.2, 0) is 4.79 Å². The van der Waals surface area contributed by atoms with Crippen molar-refractivity contribution in [3.8, 4) is 0 Å². The lowest BCUT2D eigenvalue weighted by Gasteiger charge is -2.27. The number of carbonyl (C=O) groups is 2. The minimum Gasteiger partial charge on any atom is -0.293 e. The molecule has 18 heavy (non-hydrogen) atoms. The molecule has 3 nitrogen and oxygen atoms in total. The standard InChI is InChI=1S/C15H12NO2/c1-2-9-7-8-12-13(14(9)17)15(18)10-5-3-4-6-11(10)16-12/h3-8,13H,2H2,1H3. The van der Waals surface area contributed by atoms with Gasteiger partial charge in [-0.05, 0) is 30.2 Å². The number of ketones is 2. The van der Waals surface area contributed by atoms with Gasteiger partial charge in [0.25, 0.3) is 0 Å². The van der Waals surface area contributed by atoms with Gasteiger partial charge < -0.3 is 0 Å². The topological polar surface area (TPSA) is 48.2 Å². The van der Waals surface area contributed by atoms with Gasteiger partial charge in [-0.1, -0.05) is 25.1 Å². The van der Waals surface area contributed by atoms with Crippen molar-refractivity contribution in [1.82, 2.24) is 5.32 Å². The van der Waals surface area contributed by atoms with Crippen molar-refractivity contribution in [1.29, 1.82) is 0 Å². The van der Waals surface area contributed by atoms with Crippen molar-refractivity contribution >= 4 is 17.3 Å². The van der Waals surface area contributed by atoms with Gasteiger partial charge in [0.1, 0.15) is 5.92 Å². The van der Waals surface area contributed by atoms with Gasteiger partial charge in [-0.2, -0.15) is 0 Å². The molecule has 0 saturated carbocycles. The highest BCUT2D eigenvalue weighted by Crippen LogP contribution is 2.35. The normalized spacial score (nSPS) is 21.5. The zero-order chi connectivity index (χ0) is 12.7. The predicted octanol–water partition coefficient (Wildman–Crippen LogP) is 2.54. The number of allylic oxidation sites excluding steroid dienone is 4. The zero-order valence-corrected chi connectivity index (χ0v) is 10.0. The molecule has 1 aromatic rings. The maximum atomic E-state index is 12.4. The first kappa shape index (κ1) is 11.0. The lowest BCUT2D eigenvalue weighted by atomic mass is 9.80. The molecule has 0 aromatic heterocycles. The van der Waals surface area contributed by atoms with Crippen LogP contribution in [0.15, 0.2) is 47.7 Å². The van der Waals surface area contributed by atoms with E-state index in [9.17, 15) is 9.59 Å². The Morgan fingerprint density at radius 3 is 2.67 bits per heavy atom. The van der Waals surface area contributed by atoms with Crippen molar-refractivity contribution in [2.45, 2.75) is 13.3 Å². The lowest BCUT2D eigenvalue weighted by Crippen LogP contribution is -2.35. The van der Waals surface area contributed by atoms with Gasteiger partial charge in [0.15, 0.2) is 11.6 Å². The monoisotopic (exact) mass is 238 g/mol. The van der Waals surface area contributed by atoms with Crippen molar-refractivity contribution in [3.05, 3.63) is 53.3 Å². The van der Waals surface area contributed by atoms with Crippen molar-refractivity contribution in [3.63, 3.8) is 0 Å². The third-order valence-electron chi connectivity index (χ3n) is 3.39. The van der Waals surface area contributed by atoms with Crippen LogP contribution in [-0.4, -0.2) is 11.6 Å². The molecule has 3 rings (SSSR count). The summed E-state index contributed by atoms with van der Waals surface area (Å²) in [5, 5.41) is 4.41. The fraction of sp³-hybridized carbons (Fsp3) is 0.200. The van der Waals surface area contributed by atoms with E-state index in [0.29, 0.717) is 28.9 Å². The first-order valence-electron chi connectivity index (χ1n) is 6.02. The van der Waals surface area contributed by atoms with E-state index in [1.165, 1.54) is 0 Å². The SMILES string of the molecule is CCC1=CC=C2[N]c3ccccc3C(=O)C2C1=O. The largest absolute Gasteiger partial charge is 0.293 e. The molecule has 2 aliphatic rings. The Morgan fingerprint density at radius 1 is 1.11 bits per heavy atom. The van der Waals surface area contributed by atoms with Gasteiger partial charge in [-0.25, -0.2) is 0 Å². The molecule has 3 heteroatoms. The molecule has 1 aliphatic carbocycles. The van der Waals surface area contributed by atoms with E-state index in [1.54, 1.807) is 30.4 Å². The molecule has 0 N–H and O–H groups in total. The maximum absolute atomic E-state index is 12.4. The Balaban J connectivity index is 2.12. The summed E-state index contributed by atoms with van der Waals surface area (Å²) >= 11 is 0. The Hall–Kier alpha value is -2.16. The van der Waals surface area contributed by atoms with E-state index in [2.05, 4.69) is 5.32 Å². The van der Waals surface area contributed by atoms with Gasteiger partial charge >= 0.3 is 0 Å². The average Bonchev–Trinajstić information content (AvgIpc) is 2.39. The minimum atomic E-state index is -0.722. The molecule has 0 saturated heterocycles. The quantitative estimate of drug-likeness (QED) is 0.706. The van der Waals surface area contributed by atoms with Crippen LogP contribution < -0.4 is 5.32 Å². The summed E-state index contributed by atoms with van der Waals surface area (Å²) in [5.41, 5.74) is 2.48. The number of carbonyl (C=O) groups excluding carboxylic acids is 2. The van der Waals surface area contributed by atoms with Gasteiger partial charge in [0, 0.05) is 5.56 Å². The van der Waals surface area contributed by atoms with Crippen LogP contribution in [0.25, 0.3) is 0 Å². The van der Waals surface area contributed by atoms with Gasteiger partial charge in [0.2, 0.25) is 0 Å². The Bertz CT molecular complexity index is 611.